The van der Waals surface area contributed by atoms with Crippen LogP contribution >= 0.6 is 0 Å². The molecule has 0 bridgehead atoms. The lowest BCUT2D eigenvalue weighted by atomic mass is 9.99. The second-order valence-corrected chi connectivity index (χ2v) is 7.27. The minimum Gasteiger partial charge on any atom is -0.399 e. The Morgan fingerprint density at radius 3 is 2.52 bits per heavy atom. The summed E-state index contributed by atoms with van der Waals surface area (Å²) < 4.78 is 26.8. The van der Waals surface area contributed by atoms with Crippen molar-refractivity contribution in [3.05, 3.63) is 60.2 Å². The van der Waals surface area contributed by atoms with Gasteiger partial charge in [-0.25, -0.2) is 8.42 Å². The zero-order valence-electron chi connectivity index (χ0n) is 11.6. The van der Waals surface area contributed by atoms with Crippen molar-refractivity contribution in [1.82, 2.24) is 4.31 Å². The van der Waals surface area contributed by atoms with Crippen molar-refractivity contribution in [2.45, 2.75) is 17.2 Å². The zero-order valence-corrected chi connectivity index (χ0v) is 12.5. The molecule has 0 saturated carbocycles. The fraction of sp³-hybridized carbons (Fsp3) is 0.250. The fourth-order valence-corrected chi connectivity index (χ4v) is 4.32. The molecule has 0 amide bonds. The Morgan fingerprint density at radius 2 is 1.81 bits per heavy atom. The average molecular weight is 302 g/mol. The highest BCUT2D eigenvalue weighted by molar-refractivity contribution is 7.89. The molecule has 3 rings (SSSR count). The van der Waals surface area contributed by atoms with E-state index in [1.54, 1.807) is 22.5 Å². The topological polar surface area (TPSA) is 63.4 Å². The number of rotatable bonds is 3. The summed E-state index contributed by atoms with van der Waals surface area (Å²) in [7, 11) is -3.45. The summed E-state index contributed by atoms with van der Waals surface area (Å²) in [5.74, 6) is 0.266. The van der Waals surface area contributed by atoms with Gasteiger partial charge in [0.25, 0.3) is 0 Å². The Labute approximate surface area is 125 Å². The van der Waals surface area contributed by atoms with Gasteiger partial charge >= 0.3 is 0 Å². The third-order valence-corrected chi connectivity index (χ3v) is 5.78. The quantitative estimate of drug-likeness (QED) is 0.886. The van der Waals surface area contributed by atoms with Gasteiger partial charge in [0, 0.05) is 18.8 Å². The zero-order chi connectivity index (χ0) is 14.9. The molecule has 2 aromatic carbocycles. The fourth-order valence-electron chi connectivity index (χ4n) is 2.77. The number of nitrogen functional groups attached to an aromatic ring is 1. The van der Waals surface area contributed by atoms with E-state index in [1.807, 2.05) is 18.2 Å². The van der Waals surface area contributed by atoms with E-state index in [9.17, 15) is 8.42 Å². The standard InChI is InChI=1S/C16H18N2O2S/c17-15-7-4-8-16(11-15)21(19,20)18-10-9-14(12-18)13-5-2-1-3-6-13/h1-8,11,14H,9-10,12,17H2. The molecule has 2 aromatic rings. The van der Waals surface area contributed by atoms with Crippen LogP contribution in [0.2, 0.25) is 0 Å². The summed E-state index contributed by atoms with van der Waals surface area (Å²) >= 11 is 0. The molecule has 1 fully saturated rings. The molecule has 1 saturated heterocycles. The molecule has 110 valence electrons. The highest BCUT2D eigenvalue weighted by atomic mass is 32.2. The van der Waals surface area contributed by atoms with E-state index in [-0.39, 0.29) is 10.8 Å². The molecule has 1 aliphatic heterocycles. The maximum atomic E-state index is 12.6. The van der Waals surface area contributed by atoms with E-state index in [0.29, 0.717) is 18.8 Å². The van der Waals surface area contributed by atoms with E-state index in [2.05, 4.69) is 12.1 Å². The van der Waals surface area contributed by atoms with Crippen LogP contribution in [0, 0.1) is 0 Å². The molecule has 1 unspecified atom stereocenters. The van der Waals surface area contributed by atoms with Crippen LogP contribution in [0.1, 0.15) is 17.9 Å². The second-order valence-electron chi connectivity index (χ2n) is 5.33. The van der Waals surface area contributed by atoms with E-state index in [4.69, 9.17) is 5.73 Å². The SMILES string of the molecule is Nc1cccc(S(=O)(=O)N2CCC(c3ccccc3)C2)c1. The molecular formula is C16H18N2O2S. The lowest BCUT2D eigenvalue weighted by molar-refractivity contribution is 0.473. The van der Waals surface area contributed by atoms with Crippen molar-refractivity contribution < 1.29 is 8.42 Å². The lowest BCUT2D eigenvalue weighted by Gasteiger charge is -2.17. The minimum absolute atomic E-state index is 0.266. The molecular weight excluding hydrogens is 284 g/mol. The van der Waals surface area contributed by atoms with E-state index >= 15 is 0 Å². The first kappa shape index (κ1) is 14.1. The van der Waals surface area contributed by atoms with Gasteiger partial charge in [0.15, 0.2) is 0 Å². The third kappa shape index (κ3) is 2.80. The van der Waals surface area contributed by atoms with Gasteiger partial charge in [0.2, 0.25) is 10.0 Å². The molecule has 21 heavy (non-hydrogen) atoms. The number of benzene rings is 2. The van der Waals surface area contributed by atoms with Crippen LogP contribution in [0.5, 0.6) is 0 Å². The van der Waals surface area contributed by atoms with Crippen molar-refractivity contribution in [3.8, 4) is 0 Å². The normalized spacial score (nSPS) is 19.7. The molecule has 1 atom stereocenters. The van der Waals surface area contributed by atoms with Gasteiger partial charge in [0.05, 0.1) is 4.90 Å². The second kappa shape index (κ2) is 5.50. The van der Waals surface area contributed by atoms with E-state index in [1.165, 1.54) is 11.6 Å². The first-order chi connectivity index (χ1) is 10.1. The predicted octanol–water partition coefficient (Wildman–Crippen LogP) is 2.45. The van der Waals surface area contributed by atoms with Gasteiger partial charge in [-0.15, -0.1) is 0 Å². The molecule has 0 aliphatic carbocycles. The number of nitrogens with zero attached hydrogens (tertiary/aromatic N) is 1. The Kier molecular flexibility index (Phi) is 3.69. The average Bonchev–Trinajstić information content (AvgIpc) is 2.99. The van der Waals surface area contributed by atoms with E-state index < -0.39 is 10.0 Å². The maximum Gasteiger partial charge on any atom is 0.243 e. The van der Waals surface area contributed by atoms with Gasteiger partial charge in [-0.1, -0.05) is 36.4 Å². The smallest absolute Gasteiger partial charge is 0.243 e. The summed E-state index contributed by atoms with van der Waals surface area (Å²) in [4.78, 5) is 0.274. The number of hydrogen-bond acceptors (Lipinski definition) is 3. The molecule has 2 N–H and O–H groups in total. The Bertz CT molecular complexity index is 729. The number of hydrogen-bond donors (Lipinski definition) is 1. The lowest BCUT2D eigenvalue weighted by Crippen LogP contribution is -2.28. The molecule has 4 nitrogen and oxygen atoms in total. The third-order valence-electron chi connectivity index (χ3n) is 3.92. The summed E-state index contributed by atoms with van der Waals surface area (Å²) in [5.41, 5.74) is 7.35. The van der Waals surface area contributed by atoms with Crippen LogP contribution in [0.15, 0.2) is 59.5 Å². The molecule has 0 aromatic heterocycles. The van der Waals surface area contributed by atoms with Crippen LogP contribution in [0.25, 0.3) is 0 Å². The van der Waals surface area contributed by atoms with Crippen LogP contribution in [-0.2, 0) is 10.0 Å². The Morgan fingerprint density at radius 1 is 1.05 bits per heavy atom. The van der Waals surface area contributed by atoms with Crippen molar-refractivity contribution in [1.29, 1.82) is 0 Å². The van der Waals surface area contributed by atoms with Crippen LogP contribution in [-0.4, -0.2) is 25.8 Å². The first-order valence-electron chi connectivity index (χ1n) is 6.98. The summed E-state index contributed by atoms with van der Waals surface area (Å²) in [6.07, 6.45) is 0.853. The van der Waals surface area contributed by atoms with Crippen LogP contribution in [0.3, 0.4) is 0 Å². The van der Waals surface area contributed by atoms with E-state index in [0.717, 1.165) is 6.42 Å². The summed E-state index contributed by atoms with van der Waals surface area (Å²) in [5, 5.41) is 0. The molecule has 0 spiro atoms. The maximum absolute atomic E-state index is 12.6. The summed E-state index contributed by atoms with van der Waals surface area (Å²) in [6, 6.07) is 16.5. The predicted molar refractivity (Wildman–Crippen MR) is 83.4 cm³/mol. The van der Waals surface area contributed by atoms with Crippen molar-refractivity contribution in [2.75, 3.05) is 18.8 Å². The van der Waals surface area contributed by atoms with Crippen molar-refractivity contribution >= 4 is 15.7 Å². The molecule has 0 radical (unpaired) electrons. The van der Waals surface area contributed by atoms with Gasteiger partial charge in [-0.3, -0.25) is 0 Å². The number of anilines is 1. The van der Waals surface area contributed by atoms with Crippen LogP contribution in [0.4, 0.5) is 5.69 Å². The molecule has 5 heteroatoms. The largest absolute Gasteiger partial charge is 0.399 e. The highest BCUT2D eigenvalue weighted by Gasteiger charge is 2.33. The van der Waals surface area contributed by atoms with Gasteiger partial charge in [-0.05, 0) is 36.1 Å². The van der Waals surface area contributed by atoms with Crippen LogP contribution < -0.4 is 5.73 Å². The number of nitrogens with two attached hydrogens (primary N) is 1. The highest BCUT2D eigenvalue weighted by Crippen LogP contribution is 2.31. The minimum atomic E-state index is -3.45. The first-order valence-corrected chi connectivity index (χ1v) is 8.42. The monoisotopic (exact) mass is 302 g/mol. The Balaban J connectivity index is 1.83. The summed E-state index contributed by atoms with van der Waals surface area (Å²) in [6.45, 7) is 1.08. The van der Waals surface area contributed by atoms with Crippen molar-refractivity contribution in [2.24, 2.45) is 0 Å². The van der Waals surface area contributed by atoms with Gasteiger partial charge < -0.3 is 5.73 Å². The van der Waals surface area contributed by atoms with Gasteiger partial charge in [-0.2, -0.15) is 4.31 Å². The van der Waals surface area contributed by atoms with Gasteiger partial charge in [0.1, 0.15) is 0 Å². The van der Waals surface area contributed by atoms with Crippen molar-refractivity contribution in [3.63, 3.8) is 0 Å². The number of sulfonamides is 1. The molecule has 1 heterocycles. The molecule has 1 aliphatic rings. The Hall–Kier alpha value is -1.85.